The average molecular weight is 492 g/mol. The molecule has 0 spiro atoms. The van der Waals surface area contributed by atoms with E-state index in [0.717, 1.165) is 0 Å². The molecule has 36 heavy (non-hydrogen) atoms. The number of benzene rings is 1. The first-order valence-electron chi connectivity index (χ1n) is 9.92. The maximum absolute atomic E-state index is 12.2. The van der Waals surface area contributed by atoms with E-state index in [1.54, 1.807) is 0 Å². The van der Waals surface area contributed by atoms with E-state index in [9.17, 15) is 29.8 Å². The molecule has 2 heterocycles. The minimum atomic E-state index is -0.663. The van der Waals surface area contributed by atoms with Crippen LogP contribution < -0.4 is 10.9 Å². The minimum Gasteiger partial charge on any atom is -0.401 e. The third-order valence-corrected chi connectivity index (χ3v) is 4.15. The number of furan rings is 2. The smallest absolute Gasteiger partial charge is 0.401 e. The fourth-order valence-corrected chi connectivity index (χ4v) is 2.54. The highest BCUT2D eigenvalue weighted by atomic mass is 16.7. The second kappa shape index (κ2) is 12.0. The summed E-state index contributed by atoms with van der Waals surface area (Å²) in [5, 5.41) is 28.6. The molecule has 0 aliphatic heterocycles. The van der Waals surface area contributed by atoms with Crippen molar-refractivity contribution < 1.29 is 28.3 Å². The predicted octanol–water partition coefficient (Wildman–Crippen LogP) is 3.55. The number of hydrazone groups is 2. The second-order valence-corrected chi connectivity index (χ2v) is 6.60. The lowest BCUT2D eigenvalue weighted by Gasteiger charge is -2.03. The maximum atomic E-state index is 12.2. The Labute approximate surface area is 201 Å². The van der Waals surface area contributed by atoms with Crippen LogP contribution in [-0.4, -0.2) is 34.1 Å². The molecule has 3 rings (SSSR count). The van der Waals surface area contributed by atoms with Crippen LogP contribution in [0.4, 0.5) is 11.8 Å². The van der Waals surface area contributed by atoms with Gasteiger partial charge in [-0.2, -0.15) is 10.2 Å². The molecule has 0 fully saturated rings. The van der Waals surface area contributed by atoms with E-state index in [-0.39, 0.29) is 22.6 Å². The van der Waals surface area contributed by atoms with Crippen molar-refractivity contribution in [3.8, 4) is 0 Å². The van der Waals surface area contributed by atoms with Gasteiger partial charge in [0.05, 0.1) is 12.1 Å². The number of hydrogen-bond donors (Lipinski definition) is 2. The zero-order chi connectivity index (χ0) is 25.9. The molecule has 0 unspecified atom stereocenters. The number of rotatable bonds is 10. The molecule has 0 saturated heterocycles. The highest BCUT2D eigenvalue weighted by molar-refractivity contribution is 6.00. The van der Waals surface area contributed by atoms with Crippen molar-refractivity contribution >= 4 is 48.2 Å². The molecule has 0 bridgehead atoms. The average Bonchev–Trinajstić information content (AvgIpc) is 3.54. The molecular formula is C22H16N6O8. The summed E-state index contributed by atoms with van der Waals surface area (Å²) in [6, 6.07) is 11.0. The lowest BCUT2D eigenvalue weighted by molar-refractivity contribution is -0.402. The van der Waals surface area contributed by atoms with E-state index >= 15 is 0 Å². The van der Waals surface area contributed by atoms with E-state index in [0.29, 0.717) is 0 Å². The largest absolute Gasteiger partial charge is 0.433 e. The lowest BCUT2D eigenvalue weighted by atomic mass is 10.1. The fourth-order valence-electron chi connectivity index (χ4n) is 2.54. The summed E-state index contributed by atoms with van der Waals surface area (Å²) in [7, 11) is 0. The summed E-state index contributed by atoms with van der Waals surface area (Å²) in [6.07, 6.45) is 8.14. The predicted molar refractivity (Wildman–Crippen MR) is 127 cm³/mol. The summed E-state index contributed by atoms with van der Waals surface area (Å²) >= 11 is 0. The number of nitrogens with zero attached hydrogens (tertiary/aromatic N) is 4. The summed E-state index contributed by atoms with van der Waals surface area (Å²) in [6.45, 7) is 0. The van der Waals surface area contributed by atoms with Crippen LogP contribution in [0.1, 0.15) is 32.2 Å². The van der Waals surface area contributed by atoms with Gasteiger partial charge in [0.15, 0.2) is 0 Å². The van der Waals surface area contributed by atoms with Crippen LogP contribution in [0.3, 0.4) is 0 Å². The molecule has 2 amide bonds. The Hall–Kier alpha value is -5.66. The Morgan fingerprint density at radius 3 is 1.58 bits per heavy atom. The van der Waals surface area contributed by atoms with Gasteiger partial charge in [-0.1, -0.05) is 6.07 Å². The molecule has 2 aromatic heterocycles. The molecule has 0 aliphatic rings. The van der Waals surface area contributed by atoms with E-state index in [1.807, 2.05) is 0 Å². The van der Waals surface area contributed by atoms with Gasteiger partial charge in [-0.3, -0.25) is 29.8 Å². The van der Waals surface area contributed by atoms with Crippen molar-refractivity contribution in [2.45, 2.75) is 0 Å². The maximum Gasteiger partial charge on any atom is 0.433 e. The zero-order valence-corrected chi connectivity index (χ0v) is 18.1. The number of nitro groups is 2. The van der Waals surface area contributed by atoms with Crippen molar-refractivity contribution in [3.05, 3.63) is 104 Å². The summed E-state index contributed by atoms with van der Waals surface area (Å²) < 4.78 is 9.87. The minimum absolute atomic E-state index is 0.161. The van der Waals surface area contributed by atoms with E-state index in [2.05, 4.69) is 21.1 Å². The van der Waals surface area contributed by atoms with Gasteiger partial charge in [-0.15, -0.1) is 0 Å². The Bertz CT molecular complexity index is 1300. The molecule has 1 aromatic carbocycles. The molecule has 14 nitrogen and oxygen atoms in total. The molecule has 0 saturated carbocycles. The molecule has 2 N–H and O–H groups in total. The molecule has 0 radical (unpaired) electrons. The summed E-state index contributed by atoms with van der Waals surface area (Å²) in [5.74, 6) is -1.48. The second-order valence-electron chi connectivity index (χ2n) is 6.60. The van der Waals surface area contributed by atoms with Crippen LogP contribution in [0.5, 0.6) is 0 Å². The van der Waals surface area contributed by atoms with Gasteiger partial charge in [0.1, 0.15) is 21.4 Å². The van der Waals surface area contributed by atoms with Crippen molar-refractivity contribution in [1.82, 2.24) is 10.9 Å². The van der Waals surface area contributed by atoms with Gasteiger partial charge >= 0.3 is 11.8 Å². The Morgan fingerprint density at radius 1 is 0.750 bits per heavy atom. The summed E-state index contributed by atoms with van der Waals surface area (Å²) in [5.41, 5.74) is 4.88. The van der Waals surface area contributed by atoms with E-state index < -0.39 is 33.4 Å². The Morgan fingerprint density at radius 2 is 1.19 bits per heavy atom. The summed E-state index contributed by atoms with van der Waals surface area (Å²) in [4.78, 5) is 44.3. The van der Waals surface area contributed by atoms with Crippen molar-refractivity contribution in [1.29, 1.82) is 0 Å². The monoisotopic (exact) mass is 492 g/mol. The number of nitrogens with one attached hydrogen (secondary N) is 2. The van der Waals surface area contributed by atoms with Crippen molar-refractivity contribution in [2.24, 2.45) is 10.2 Å². The quantitative estimate of drug-likeness (QED) is 0.243. The normalized spacial score (nSPS) is 11.6. The molecule has 0 atom stereocenters. The third-order valence-electron chi connectivity index (χ3n) is 4.15. The molecule has 0 aliphatic carbocycles. The Kier molecular flexibility index (Phi) is 8.31. The van der Waals surface area contributed by atoms with Crippen LogP contribution in [0.25, 0.3) is 12.2 Å². The van der Waals surface area contributed by atoms with Crippen LogP contribution in [0.15, 0.2) is 79.7 Å². The first kappa shape index (κ1) is 25.0. The van der Waals surface area contributed by atoms with Crippen molar-refractivity contribution in [3.63, 3.8) is 0 Å². The number of carbonyl (C=O) groups is 2. The van der Waals surface area contributed by atoms with Gasteiger partial charge in [-0.05, 0) is 54.6 Å². The number of hydrogen-bond acceptors (Lipinski definition) is 10. The van der Waals surface area contributed by atoms with E-state index in [4.69, 9.17) is 8.83 Å². The highest BCUT2D eigenvalue weighted by Crippen LogP contribution is 2.17. The topological polar surface area (TPSA) is 195 Å². The van der Waals surface area contributed by atoms with E-state index in [1.165, 1.54) is 85.3 Å². The SMILES string of the molecule is O=C(NN=CC=Cc1ccc([N+](=O)[O-])o1)c1cccc(C(=O)NN=CC=Cc2ccc([N+](=O)[O-])o2)c1. The van der Waals surface area contributed by atoms with Gasteiger partial charge in [0.25, 0.3) is 11.8 Å². The van der Waals surface area contributed by atoms with Crippen LogP contribution >= 0.6 is 0 Å². The van der Waals surface area contributed by atoms with Gasteiger partial charge in [0.2, 0.25) is 0 Å². The fraction of sp³-hybridized carbons (Fsp3) is 0. The molecule has 182 valence electrons. The number of carbonyl (C=O) groups excluding carboxylic acids is 2. The van der Waals surface area contributed by atoms with Gasteiger partial charge in [-0.25, -0.2) is 10.9 Å². The van der Waals surface area contributed by atoms with Gasteiger partial charge < -0.3 is 8.83 Å². The van der Waals surface area contributed by atoms with Crippen LogP contribution in [0, 0.1) is 20.2 Å². The van der Waals surface area contributed by atoms with Gasteiger partial charge in [0, 0.05) is 23.6 Å². The Balaban J connectivity index is 1.49. The number of allylic oxidation sites excluding steroid dienone is 2. The van der Waals surface area contributed by atoms with Crippen molar-refractivity contribution in [2.75, 3.05) is 0 Å². The first-order chi connectivity index (χ1) is 17.3. The third kappa shape index (κ3) is 7.17. The van der Waals surface area contributed by atoms with Crippen LogP contribution in [0.2, 0.25) is 0 Å². The molecule has 14 heteroatoms. The zero-order valence-electron chi connectivity index (χ0n) is 18.1. The highest BCUT2D eigenvalue weighted by Gasteiger charge is 2.11. The van der Waals surface area contributed by atoms with Crippen LogP contribution in [-0.2, 0) is 0 Å². The lowest BCUT2D eigenvalue weighted by Crippen LogP contribution is -2.20. The number of amides is 2. The first-order valence-corrected chi connectivity index (χ1v) is 9.92. The molecule has 3 aromatic rings. The standard InChI is InChI=1S/C22H16N6O8/c29-21(25-23-12-2-6-17-8-10-19(35-17)27(31)32)15-4-1-5-16(14-15)22(30)26-24-13-3-7-18-9-11-20(36-18)28(33)34/h1-14H,(H,25,29)(H,26,30). The molecular weight excluding hydrogens is 476 g/mol.